The van der Waals surface area contributed by atoms with Gasteiger partial charge in [-0.3, -0.25) is 24.1 Å². The van der Waals surface area contributed by atoms with Crippen molar-refractivity contribution in [3.8, 4) is 17.2 Å². The first-order valence-electron chi connectivity index (χ1n) is 13.0. The highest BCUT2D eigenvalue weighted by molar-refractivity contribution is 6.24. The van der Waals surface area contributed by atoms with Gasteiger partial charge in [-0.05, 0) is 55.5 Å². The van der Waals surface area contributed by atoms with Gasteiger partial charge in [0, 0.05) is 13.0 Å². The summed E-state index contributed by atoms with van der Waals surface area (Å²) in [7, 11) is 4.36. The van der Waals surface area contributed by atoms with Crippen molar-refractivity contribution in [3.63, 3.8) is 0 Å². The number of anilines is 1. The van der Waals surface area contributed by atoms with Crippen LogP contribution >= 0.6 is 0 Å². The Morgan fingerprint density at radius 3 is 2.18 bits per heavy atom. The van der Waals surface area contributed by atoms with Gasteiger partial charge < -0.3 is 14.6 Å². The molecular weight excluding hydrogens is 500 g/mol. The number of carbonyl (C=O) groups excluding carboxylic acids is 4. The number of hydrogen-bond acceptors (Lipinski definition) is 7. The van der Waals surface area contributed by atoms with Gasteiger partial charge in [0.15, 0.2) is 11.5 Å². The molecule has 2 heterocycles. The highest BCUT2D eigenvalue weighted by atomic mass is 16.5. The molecule has 0 unspecified atom stereocenters. The lowest BCUT2D eigenvalue weighted by atomic mass is 9.51. The number of allylic oxidation sites excluding steroid dienone is 2. The van der Waals surface area contributed by atoms with Crippen LogP contribution in [0.4, 0.5) is 5.69 Å². The van der Waals surface area contributed by atoms with Gasteiger partial charge in [0.25, 0.3) is 0 Å². The SMILES string of the molecule is COc1cc([C@H]2C3=CC[C@@H]4C(=O)N(C)C(=O)[C@@H]4[C@@H]3C[C@H]3C(=O)N(c4ccccc4)C(=O)[C@@]23C)cc(OC)c1O. The quantitative estimate of drug-likeness (QED) is 0.477. The third kappa shape index (κ3) is 3.25. The number of para-hydroxylation sites is 1. The first-order valence-corrected chi connectivity index (χ1v) is 13.0. The fourth-order valence-electron chi connectivity index (χ4n) is 7.46. The van der Waals surface area contributed by atoms with E-state index in [9.17, 15) is 24.3 Å². The van der Waals surface area contributed by atoms with Crippen LogP contribution in [0.1, 0.15) is 31.2 Å². The zero-order chi connectivity index (χ0) is 27.8. The first kappa shape index (κ1) is 25.2. The molecule has 202 valence electrons. The van der Waals surface area contributed by atoms with E-state index in [2.05, 4.69) is 0 Å². The average Bonchev–Trinajstić information content (AvgIpc) is 3.28. The number of carbonyl (C=O) groups is 4. The Hall–Kier alpha value is -4.14. The maximum Gasteiger partial charge on any atom is 0.241 e. The number of amides is 4. The third-order valence-corrected chi connectivity index (χ3v) is 9.34. The van der Waals surface area contributed by atoms with Crippen molar-refractivity contribution in [2.75, 3.05) is 26.2 Å². The molecule has 4 amide bonds. The molecule has 1 N–H and O–H groups in total. The van der Waals surface area contributed by atoms with E-state index in [1.54, 1.807) is 36.4 Å². The largest absolute Gasteiger partial charge is 0.502 e. The van der Waals surface area contributed by atoms with E-state index in [0.29, 0.717) is 17.7 Å². The summed E-state index contributed by atoms with van der Waals surface area (Å²) in [4.78, 5) is 57.1. The highest BCUT2D eigenvalue weighted by Crippen LogP contribution is 2.64. The lowest BCUT2D eigenvalue weighted by molar-refractivity contribution is -0.138. The molecule has 1 saturated carbocycles. The van der Waals surface area contributed by atoms with Crippen LogP contribution in [-0.4, -0.2) is 54.9 Å². The van der Waals surface area contributed by atoms with E-state index in [1.165, 1.54) is 31.1 Å². The number of imide groups is 2. The number of ether oxygens (including phenoxy) is 2. The Bertz CT molecular complexity index is 1430. The summed E-state index contributed by atoms with van der Waals surface area (Å²) in [5.74, 6) is -3.76. The van der Waals surface area contributed by atoms with Gasteiger partial charge in [0.1, 0.15) is 0 Å². The Labute approximate surface area is 226 Å². The van der Waals surface area contributed by atoms with Crippen LogP contribution in [0.5, 0.6) is 17.2 Å². The molecule has 0 spiro atoms. The topological polar surface area (TPSA) is 113 Å². The number of benzene rings is 2. The molecule has 2 aromatic carbocycles. The summed E-state index contributed by atoms with van der Waals surface area (Å²) in [5.41, 5.74) is 0.790. The number of rotatable bonds is 4. The van der Waals surface area contributed by atoms with Crippen LogP contribution in [0.2, 0.25) is 0 Å². The molecule has 39 heavy (non-hydrogen) atoms. The monoisotopic (exact) mass is 530 g/mol. The summed E-state index contributed by atoms with van der Waals surface area (Å²) in [5, 5.41) is 10.6. The van der Waals surface area contributed by atoms with Gasteiger partial charge >= 0.3 is 0 Å². The fourth-order valence-corrected chi connectivity index (χ4v) is 7.46. The molecule has 6 atom stereocenters. The third-order valence-electron chi connectivity index (χ3n) is 9.34. The van der Waals surface area contributed by atoms with Gasteiger partial charge in [0.05, 0.1) is 43.1 Å². The molecule has 0 bridgehead atoms. The van der Waals surface area contributed by atoms with Crippen LogP contribution in [-0.2, 0) is 19.2 Å². The summed E-state index contributed by atoms with van der Waals surface area (Å²) in [6.45, 7) is 1.81. The van der Waals surface area contributed by atoms with Crippen LogP contribution in [0.25, 0.3) is 0 Å². The maximum atomic E-state index is 14.3. The van der Waals surface area contributed by atoms with E-state index < -0.39 is 35.0 Å². The number of aromatic hydroxyl groups is 1. The van der Waals surface area contributed by atoms with Crippen molar-refractivity contribution in [1.82, 2.24) is 4.90 Å². The molecule has 9 heteroatoms. The van der Waals surface area contributed by atoms with Crippen molar-refractivity contribution in [2.24, 2.45) is 29.1 Å². The van der Waals surface area contributed by atoms with Crippen LogP contribution in [0, 0.1) is 29.1 Å². The normalized spacial score (nSPS) is 31.6. The van der Waals surface area contributed by atoms with Crippen molar-refractivity contribution < 1.29 is 33.8 Å². The fraction of sp³-hybridized carbons (Fsp3) is 0.400. The number of likely N-dealkylation sites (tertiary alicyclic amines) is 1. The van der Waals surface area contributed by atoms with E-state index in [0.717, 1.165) is 5.57 Å². The Balaban J connectivity index is 1.58. The van der Waals surface area contributed by atoms with Crippen molar-refractivity contribution in [1.29, 1.82) is 0 Å². The van der Waals surface area contributed by atoms with Crippen molar-refractivity contribution >= 4 is 29.3 Å². The molecule has 9 nitrogen and oxygen atoms in total. The minimum absolute atomic E-state index is 0.171. The average molecular weight is 531 g/mol. The van der Waals surface area contributed by atoms with Gasteiger partial charge in [-0.25, -0.2) is 4.90 Å². The number of methoxy groups -OCH3 is 2. The van der Waals surface area contributed by atoms with Gasteiger partial charge in [-0.2, -0.15) is 0 Å². The second-order valence-electron chi connectivity index (χ2n) is 11.0. The maximum absolute atomic E-state index is 14.3. The van der Waals surface area contributed by atoms with Gasteiger partial charge in [0.2, 0.25) is 29.4 Å². The Morgan fingerprint density at radius 1 is 0.923 bits per heavy atom. The summed E-state index contributed by atoms with van der Waals surface area (Å²) < 4.78 is 10.9. The van der Waals surface area contributed by atoms with Crippen LogP contribution < -0.4 is 14.4 Å². The van der Waals surface area contributed by atoms with Crippen LogP contribution in [0.3, 0.4) is 0 Å². The molecule has 2 aromatic rings. The number of hydrogen-bond donors (Lipinski definition) is 1. The lowest BCUT2D eigenvalue weighted by Gasteiger charge is -2.49. The Kier molecular flexibility index (Phi) is 5.61. The summed E-state index contributed by atoms with van der Waals surface area (Å²) >= 11 is 0. The number of fused-ring (bicyclic) bond motifs is 4. The standard InChI is InChI=1S/C30H30N2O7/c1-30-20(27(35)32(29(30)37)16-8-6-5-7-9-16)14-19-17(10-11-18-23(19)28(36)31(2)26(18)34)24(30)15-12-21(38-3)25(33)22(13-15)39-4/h5-10,12-13,18-20,23-24,33H,11,14H2,1-4H3/t18-,19+,20-,23-,24-,30+/m0/s1. The molecule has 4 aliphatic rings. The predicted octanol–water partition coefficient (Wildman–Crippen LogP) is 3.27. The van der Waals surface area contributed by atoms with Crippen molar-refractivity contribution in [3.05, 3.63) is 59.7 Å². The molecule has 2 saturated heterocycles. The zero-order valence-corrected chi connectivity index (χ0v) is 22.2. The summed E-state index contributed by atoms with van der Waals surface area (Å²) in [6, 6.07) is 12.2. The molecule has 0 aromatic heterocycles. The Morgan fingerprint density at radius 2 is 1.56 bits per heavy atom. The number of nitrogens with zero attached hydrogens (tertiary/aromatic N) is 2. The van der Waals surface area contributed by atoms with E-state index in [-0.39, 0.29) is 47.3 Å². The van der Waals surface area contributed by atoms with Crippen LogP contribution in [0.15, 0.2) is 54.1 Å². The van der Waals surface area contributed by atoms with E-state index in [4.69, 9.17) is 9.47 Å². The first-order chi connectivity index (χ1) is 18.6. The van der Waals surface area contributed by atoms with E-state index in [1.807, 2.05) is 19.1 Å². The molecule has 0 radical (unpaired) electrons. The molecule has 6 rings (SSSR count). The number of phenols is 1. The zero-order valence-electron chi connectivity index (χ0n) is 22.2. The minimum atomic E-state index is -1.19. The second kappa shape index (κ2) is 8.69. The smallest absolute Gasteiger partial charge is 0.241 e. The van der Waals surface area contributed by atoms with Gasteiger partial charge in [-0.1, -0.05) is 29.8 Å². The highest BCUT2D eigenvalue weighted by Gasteiger charge is 2.67. The molecule has 2 aliphatic heterocycles. The van der Waals surface area contributed by atoms with Crippen molar-refractivity contribution in [2.45, 2.75) is 25.7 Å². The lowest BCUT2D eigenvalue weighted by Crippen LogP contribution is -2.48. The van der Waals surface area contributed by atoms with E-state index >= 15 is 0 Å². The molecule has 2 aliphatic carbocycles. The minimum Gasteiger partial charge on any atom is -0.502 e. The van der Waals surface area contributed by atoms with Gasteiger partial charge in [-0.15, -0.1) is 0 Å². The predicted molar refractivity (Wildman–Crippen MR) is 140 cm³/mol. The molecule has 3 fully saturated rings. The second-order valence-corrected chi connectivity index (χ2v) is 11.0. The number of phenolic OH excluding ortho intramolecular Hbond substituents is 1. The summed E-state index contributed by atoms with van der Waals surface area (Å²) in [6.07, 6.45) is 2.64. The molecular formula is C30H30N2O7.